The molecule has 160 valence electrons. The van der Waals surface area contributed by atoms with Crippen LogP contribution in [0.25, 0.3) is 22.3 Å². The molecule has 8 heteroatoms. The number of nitrogens with zero attached hydrogens (tertiary/aromatic N) is 1. The number of carbonyl (C=O) groups excluding carboxylic acids is 1. The Balaban J connectivity index is 1.91. The Kier molecular flexibility index (Phi) is 5.69. The van der Waals surface area contributed by atoms with Crippen LogP contribution < -0.4 is 10.6 Å². The van der Waals surface area contributed by atoms with Gasteiger partial charge >= 0.3 is 6.09 Å². The van der Waals surface area contributed by atoms with Crippen molar-refractivity contribution in [1.29, 1.82) is 0 Å². The van der Waals surface area contributed by atoms with Crippen molar-refractivity contribution < 1.29 is 19.1 Å². The van der Waals surface area contributed by atoms with E-state index in [-0.39, 0.29) is 18.5 Å². The number of rotatable bonds is 5. The van der Waals surface area contributed by atoms with E-state index in [0.717, 1.165) is 11.1 Å². The third-order valence-corrected chi connectivity index (χ3v) is 5.65. The van der Waals surface area contributed by atoms with Crippen molar-refractivity contribution in [3.63, 3.8) is 0 Å². The molecule has 2 amide bonds. The van der Waals surface area contributed by atoms with E-state index in [1.165, 1.54) is 12.1 Å². The fraction of sp³-hybridized carbons (Fsp3) is 0.217. The number of hydrogen-bond acceptors (Lipinski definition) is 2. The first kappa shape index (κ1) is 20.9. The lowest BCUT2D eigenvalue weighted by Gasteiger charge is -2.27. The summed E-state index contributed by atoms with van der Waals surface area (Å²) < 4.78 is 16.7. The van der Waals surface area contributed by atoms with Crippen LogP contribution in [0, 0.1) is 12.7 Å². The average molecular weight is 442 g/mol. The molecule has 0 saturated heterocycles. The molecule has 4 rings (SSSR count). The number of carboxylic acid groups (broad SMARTS) is 1. The number of aromatic nitrogens is 1. The number of halogens is 2. The maximum atomic E-state index is 14.8. The first-order valence-electron chi connectivity index (χ1n) is 9.87. The zero-order valence-electron chi connectivity index (χ0n) is 16.8. The minimum atomic E-state index is -1.10. The molecule has 6 nitrogen and oxygen atoms in total. The summed E-state index contributed by atoms with van der Waals surface area (Å²) in [4.78, 5) is 23.8. The second-order valence-electron chi connectivity index (χ2n) is 7.55. The predicted octanol–water partition coefficient (Wildman–Crippen LogP) is 4.87. The molecular weight excluding hydrogens is 421 g/mol. The molecule has 0 bridgehead atoms. The highest BCUT2D eigenvalue weighted by Crippen LogP contribution is 2.41. The lowest BCUT2D eigenvalue weighted by Crippen LogP contribution is -2.40. The highest BCUT2D eigenvalue weighted by Gasteiger charge is 2.31. The van der Waals surface area contributed by atoms with Crippen molar-refractivity contribution in [1.82, 2.24) is 15.2 Å². The van der Waals surface area contributed by atoms with Gasteiger partial charge in [0.05, 0.1) is 6.04 Å². The van der Waals surface area contributed by atoms with Crippen LogP contribution in [0.5, 0.6) is 0 Å². The maximum Gasteiger partial charge on any atom is 0.404 e. The van der Waals surface area contributed by atoms with E-state index in [1.54, 1.807) is 12.3 Å². The summed E-state index contributed by atoms with van der Waals surface area (Å²) in [5, 5.41) is 14.5. The second kappa shape index (κ2) is 8.43. The fourth-order valence-electron chi connectivity index (χ4n) is 4.02. The molecular formula is C23H21ClFN3O3. The Bertz CT molecular complexity index is 1170. The molecule has 2 aromatic carbocycles. The summed E-state index contributed by atoms with van der Waals surface area (Å²) in [5.74, 6) is -0.696. The van der Waals surface area contributed by atoms with E-state index in [9.17, 15) is 14.0 Å². The summed E-state index contributed by atoms with van der Waals surface area (Å²) in [7, 11) is 0. The van der Waals surface area contributed by atoms with E-state index < -0.39 is 11.9 Å². The summed E-state index contributed by atoms with van der Waals surface area (Å²) in [6.07, 6.45) is 1.14. The van der Waals surface area contributed by atoms with Crippen molar-refractivity contribution in [2.75, 3.05) is 13.1 Å². The Labute approximate surface area is 183 Å². The molecule has 0 radical (unpaired) electrons. The van der Waals surface area contributed by atoms with Crippen LogP contribution in [0.4, 0.5) is 9.18 Å². The van der Waals surface area contributed by atoms with Gasteiger partial charge in [-0.05, 0) is 37.1 Å². The van der Waals surface area contributed by atoms with Gasteiger partial charge in [-0.1, -0.05) is 41.4 Å². The van der Waals surface area contributed by atoms with E-state index in [1.807, 2.05) is 35.8 Å². The van der Waals surface area contributed by atoms with Gasteiger partial charge in [0.1, 0.15) is 11.5 Å². The zero-order chi connectivity index (χ0) is 22.1. The Morgan fingerprint density at radius 3 is 2.84 bits per heavy atom. The van der Waals surface area contributed by atoms with Gasteiger partial charge in [-0.15, -0.1) is 0 Å². The monoisotopic (exact) mass is 441 g/mol. The quantitative estimate of drug-likeness (QED) is 0.528. The zero-order valence-corrected chi connectivity index (χ0v) is 17.5. The molecule has 0 saturated carbocycles. The first-order chi connectivity index (χ1) is 14.8. The van der Waals surface area contributed by atoms with Gasteiger partial charge in [0.2, 0.25) is 0 Å². The van der Waals surface area contributed by atoms with Crippen LogP contribution in [0.3, 0.4) is 0 Å². The van der Waals surface area contributed by atoms with E-state index in [0.29, 0.717) is 40.4 Å². The molecule has 3 aromatic rings. The van der Waals surface area contributed by atoms with Crippen LogP contribution in [-0.4, -0.2) is 34.8 Å². The number of benzene rings is 2. The average Bonchev–Trinajstić information content (AvgIpc) is 3.13. The van der Waals surface area contributed by atoms with Gasteiger partial charge < -0.3 is 20.3 Å². The van der Waals surface area contributed by atoms with E-state index in [4.69, 9.17) is 16.7 Å². The molecule has 1 aromatic heterocycles. The number of fused-ring (bicyclic) bond motifs is 1. The topological polar surface area (TPSA) is 83.4 Å². The second-order valence-corrected chi connectivity index (χ2v) is 7.99. The third-order valence-electron chi connectivity index (χ3n) is 5.42. The van der Waals surface area contributed by atoms with Crippen LogP contribution in [0.15, 0.2) is 48.7 Å². The van der Waals surface area contributed by atoms with Gasteiger partial charge in [0, 0.05) is 41.0 Å². The minimum Gasteiger partial charge on any atom is -0.465 e. The minimum absolute atomic E-state index is 0.181. The van der Waals surface area contributed by atoms with Crippen molar-refractivity contribution >= 4 is 23.6 Å². The molecule has 31 heavy (non-hydrogen) atoms. The summed E-state index contributed by atoms with van der Waals surface area (Å²) in [6, 6.07) is 11.8. The van der Waals surface area contributed by atoms with Crippen molar-refractivity contribution in [2.24, 2.45) is 0 Å². The number of hydrogen-bond donors (Lipinski definition) is 3. The predicted molar refractivity (Wildman–Crippen MR) is 117 cm³/mol. The summed E-state index contributed by atoms with van der Waals surface area (Å²) in [6.45, 7) is 2.53. The Morgan fingerprint density at radius 1 is 1.29 bits per heavy atom. The molecule has 0 fully saturated rings. The SMILES string of the molecule is Cc1cccc(-c2c(-c3cc(Cl)ccc3F)cn3c2C(=O)NCC3CCNC(=O)O)c1. The standard InChI is InChI=1S/C23H21ClFN3O3/c1-13-3-2-4-14(9-13)20-18(17-10-15(24)5-6-19(17)25)12-28-16(7-8-26-23(30)31)11-27-22(29)21(20)28/h2-6,9-10,12,16,26H,7-8,11H2,1H3,(H,27,29)(H,30,31). The third kappa shape index (κ3) is 4.14. The van der Waals surface area contributed by atoms with Crippen LogP contribution in [-0.2, 0) is 0 Å². The van der Waals surface area contributed by atoms with Crippen LogP contribution >= 0.6 is 11.6 Å². The van der Waals surface area contributed by atoms with E-state index >= 15 is 0 Å². The lowest BCUT2D eigenvalue weighted by molar-refractivity contribution is 0.0913. The number of aryl methyl sites for hydroxylation is 1. The molecule has 0 spiro atoms. The largest absolute Gasteiger partial charge is 0.465 e. The molecule has 0 aliphatic carbocycles. The van der Waals surface area contributed by atoms with Gasteiger partial charge in [-0.25, -0.2) is 9.18 Å². The number of carbonyl (C=O) groups is 2. The van der Waals surface area contributed by atoms with Gasteiger partial charge in [0.25, 0.3) is 5.91 Å². The van der Waals surface area contributed by atoms with Gasteiger partial charge in [-0.2, -0.15) is 0 Å². The van der Waals surface area contributed by atoms with Gasteiger partial charge in [0.15, 0.2) is 0 Å². The molecule has 2 heterocycles. The Hall–Kier alpha value is -3.32. The van der Waals surface area contributed by atoms with Crippen LogP contribution in [0.1, 0.15) is 28.5 Å². The van der Waals surface area contributed by atoms with Crippen molar-refractivity contribution in [3.05, 3.63) is 70.8 Å². The normalized spacial score (nSPS) is 15.3. The summed E-state index contributed by atoms with van der Waals surface area (Å²) >= 11 is 6.16. The first-order valence-corrected chi connectivity index (χ1v) is 10.2. The summed E-state index contributed by atoms with van der Waals surface area (Å²) in [5.41, 5.74) is 3.72. The molecule has 3 N–H and O–H groups in total. The maximum absolute atomic E-state index is 14.8. The number of nitrogens with one attached hydrogen (secondary N) is 2. The molecule has 1 atom stereocenters. The molecule has 1 aliphatic heterocycles. The van der Waals surface area contributed by atoms with Gasteiger partial charge in [-0.3, -0.25) is 4.79 Å². The fourth-order valence-corrected chi connectivity index (χ4v) is 4.20. The van der Waals surface area contributed by atoms with Crippen molar-refractivity contribution in [3.8, 4) is 22.3 Å². The van der Waals surface area contributed by atoms with Crippen LogP contribution in [0.2, 0.25) is 5.02 Å². The molecule has 1 unspecified atom stereocenters. The number of amides is 2. The van der Waals surface area contributed by atoms with E-state index in [2.05, 4.69) is 10.6 Å². The highest BCUT2D eigenvalue weighted by molar-refractivity contribution is 6.30. The van der Waals surface area contributed by atoms with Crippen molar-refractivity contribution in [2.45, 2.75) is 19.4 Å². The Morgan fingerprint density at radius 2 is 2.10 bits per heavy atom. The molecule has 1 aliphatic rings. The highest BCUT2D eigenvalue weighted by atomic mass is 35.5. The smallest absolute Gasteiger partial charge is 0.404 e. The lowest BCUT2D eigenvalue weighted by atomic mass is 9.95.